The maximum atomic E-state index is 13.1. The van der Waals surface area contributed by atoms with Gasteiger partial charge in [0.25, 0.3) is 10.0 Å². The van der Waals surface area contributed by atoms with Gasteiger partial charge in [0.05, 0.1) is 17.7 Å². The molecule has 21 heavy (non-hydrogen) atoms. The number of ether oxygens (including phenoxy) is 1. The molecule has 0 unspecified atom stereocenters. The molecule has 2 aromatic carbocycles. The third kappa shape index (κ3) is 3.25. The minimum absolute atomic E-state index is 0.100. The van der Waals surface area contributed by atoms with Gasteiger partial charge in [-0.3, -0.25) is 4.72 Å². The van der Waals surface area contributed by atoms with E-state index in [-0.39, 0.29) is 16.3 Å². The third-order valence-corrected chi connectivity index (χ3v) is 4.42. The number of methoxy groups -OCH3 is 1. The number of halogens is 1. The lowest BCUT2D eigenvalue weighted by molar-refractivity contribution is 0.413. The average Bonchev–Trinajstić information content (AvgIpc) is 2.40. The molecule has 112 valence electrons. The Morgan fingerprint density at radius 3 is 2.52 bits per heavy atom. The Bertz CT molecular complexity index is 776. The predicted octanol–water partition coefficient (Wildman–Crippen LogP) is 2.53. The van der Waals surface area contributed by atoms with E-state index in [2.05, 4.69) is 4.72 Å². The summed E-state index contributed by atoms with van der Waals surface area (Å²) in [6.07, 6.45) is 0. The standard InChI is InChI=1S/C14H15FN2O3S/c1-9-7-11(16)4-6-14(9)21(18,19)17-12-5-3-10(15)8-13(12)20-2/h3-8,17H,16H2,1-2H3. The van der Waals surface area contributed by atoms with Crippen molar-refractivity contribution in [1.82, 2.24) is 0 Å². The van der Waals surface area contributed by atoms with Gasteiger partial charge in [-0.2, -0.15) is 0 Å². The Morgan fingerprint density at radius 1 is 1.19 bits per heavy atom. The molecular formula is C14H15FN2O3S. The molecule has 0 atom stereocenters. The lowest BCUT2D eigenvalue weighted by Gasteiger charge is -2.13. The molecule has 0 saturated carbocycles. The molecule has 2 rings (SSSR count). The molecule has 7 heteroatoms. The summed E-state index contributed by atoms with van der Waals surface area (Å²) in [6, 6.07) is 8.05. The van der Waals surface area contributed by atoms with Crippen molar-refractivity contribution in [2.24, 2.45) is 0 Å². The molecule has 0 amide bonds. The first-order chi connectivity index (χ1) is 9.83. The summed E-state index contributed by atoms with van der Waals surface area (Å²) in [5, 5.41) is 0. The molecule has 0 spiro atoms. The summed E-state index contributed by atoms with van der Waals surface area (Å²) in [6.45, 7) is 1.65. The Kier molecular flexibility index (Phi) is 4.04. The second kappa shape index (κ2) is 5.61. The quantitative estimate of drug-likeness (QED) is 0.850. The van der Waals surface area contributed by atoms with Crippen LogP contribution in [0.3, 0.4) is 0 Å². The zero-order chi connectivity index (χ0) is 15.6. The van der Waals surface area contributed by atoms with Gasteiger partial charge in [-0.15, -0.1) is 0 Å². The van der Waals surface area contributed by atoms with E-state index in [1.165, 1.54) is 25.3 Å². The first kappa shape index (κ1) is 15.1. The number of nitrogen functional groups attached to an aromatic ring is 1. The molecule has 0 heterocycles. The van der Waals surface area contributed by atoms with Crippen LogP contribution in [-0.4, -0.2) is 15.5 Å². The van der Waals surface area contributed by atoms with E-state index < -0.39 is 15.8 Å². The van der Waals surface area contributed by atoms with E-state index in [1.54, 1.807) is 13.0 Å². The number of hydrogen-bond acceptors (Lipinski definition) is 4. The minimum atomic E-state index is -3.81. The molecular weight excluding hydrogens is 295 g/mol. The fraction of sp³-hybridized carbons (Fsp3) is 0.143. The van der Waals surface area contributed by atoms with Crippen LogP contribution in [-0.2, 0) is 10.0 Å². The molecule has 5 nitrogen and oxygen atoms in total. The Balaban J connectivity index is 2.42. The smallest absolute Gasteiger partial charge is 0.262 e. The Hall–Kier alpha value is -2.28. The number of nitrogens with two attached hydrogens (primary N) is 1. The van der Waals surface area contributed by atoms with Gasteiger partial charge < -0.3 is 10.5 Å². The van der Waals surface area contributed by atoms with Crippen molar-refractivity contribution in [1.29, 1.82) is 0 Å². The van der Waals surface area contributed by atoms with E-state index in [0.717, 1.165) is 12.1 Å². The lowest BCUT2D eigenvalue weighted by Crippen LogP contribution is -2.15. The Morgan fingerprint density at radius 2 is 1.90 bits per heavy atom. The van der Waals surface area contributed by atoms with Crippen LogP contribution in [0, 0.1) is 12.7 Å². The van der Waals surface area contributed by atoms with Crippen LogP contribution < -0.4 is 15.2 Å². The molecule has 2 aromatic rings. The van der Waals surface area contributed by atoms with Crippen LogP contribution >= 0.6 is 0 Å². The second-order valence-corrected chi connectivity index (χ2v) is 6.13. The largest absolute Gasteiger partial charge is 0.494 e. The van der Waals surface area contributed by atoms with Crippen LogP contribution in [0.2, 0.25) is 0 Å². The minimum Gasteiger partial charge on any atom is -0.494 e. The highest BCUT2D eigenvalue weighted by atomic mass is 32.2. The maximum Gasteiger partial charge on any atom is 0.262 e. The lowest BCUT2D eigenvalue weighted by atomic mass is 10.2. The van der Waals surface area contributed by atoms with E-state index in [4.69, 9.17) is 10.5 Å². The average molecular weight is 310 g/mol. The predicted molar refractivity (Wildman–Crippen MR) is 79.4 cm³/mol. The molecule has 0 bridgehead atoms. The summed E-state index contributed by atoms with van der Waals surface area (Å²) >= 11 is 0. The highest BCUT2D eigenvalue weighted by Gasteiger charge is 2.19. The van der Waals surface area contributed by atoms with Crippen LogP contribution in [0.15, 0.2) is 41.3 Å². The van der Waals surface area contributed by atoms with Crippen molar-refractivity contribution in [3.63, 3.8) is 0 Å². The zero-order valence-electron chi connectivity index (χ0n) is 11.6. The number of hydrogen-bond donors (Lipinski definition) is 2. The molecule has 3 N–H and O–H groups in total. The van der Waals surface area contributed by atoms with Gasteiger partial charge in [-0.1, -0.05) is 0 Å². The van der Waals surface area contributed by atoms with Crippen molar-refractivity contribution < 1.29 is 17.5 Å². The maximum absolute atomic E-state index is 13.1. The van der Waals surface area contributed by atoms with Gasteiger partial charge in [0.15, 0.2) is 0 Å². The van der Waals surface area contributed by atoms with Crippen molar-refractivity contribution >= 4 is 21.4 Å². The van der Waals surface area contributed by atoms with Gasteiger partial charge in [0, 0.05) is 11.8 Å². The first-order valence-electron chi connectivity index (χ1n) is 6.06. The fourth-order valence-electron chi connectivity index (χ4n) is 1.92. The van der Waals surface area contributed by atoms with Gasteiger partial charge in [0.1, 0.15) is 11.6 Å². The highest BCUT2D eigenvalue weighted by Crippen LogP contribution is 2.28. The zero-order valence-corrected chi connectivity index (χ0v) is 12.4. The first-order valence-corrected chi connectivity index (χ1v) is 7.54. The van der Waals surface area contributed by atoms with Gasteiger partial charge in [-0.25, -0.2) is 12.8 Å². The van der Waals surface area contributed by atoms with Crippen molar-refractivity contribution in [3.8, 4) is 5.75 Å². The molecule has 0 fully saturated rings. The van der Waals surface area contributed by atoms with E-state index >= 15 is 0 Å². The SMILES string of the molecule is COc1cc(F)ccc1NS(=O)(=O)c1ccc(N)cc1C. The summed E-state index contributed by atoms with van der Waals surface area (Å²) in [7, 11) is -2.48. The summed E-state index contributed by atoms with van der Waals surface area (Å²) in [5.74, 6) is -0.412. The number of nitrogens with one attached hydrogen (secondary N) is 1. The molecule has 0 aliphatic carbocycles. The molecule has 0 saturated heterocycles. The van der Waals surface area contributed by atoms with Gasteiger partial charge >= 0.3 is 0 Å². The van der Waals surface area contributed by atoms with Crippen LogP contribution in [0.25, 0.3) is 0 Å². The number of sulfonamides is 1. The topological polar surface area (TPSA) is 81.4 Å². The number of rotatable bonds is 4. The van der Waals surface area contributed by atoms with Gasteiger partial charge in [-0.05, 0) is 42.8 Å². The second-order valence-electron chi connectivity index (χ2n) is 4.48. The highest BCUT2D eigenvalue weighted by molar-refractivity contribution is 7.92. The molecule has 0 radical (unpaired) electrons. The monoisotopic (exact) mass is 310 g/mol. The Labute approximate surface area is 122 Å². The summed E-state index contributed by atoms with van der Waals surface area (Å²) in [4.78, 5) is 0.100. The van der Waals surface area contributed by atoms with E-state index in [9.17, 15) is 12.8 Å². The summed E-state index contributed by atoms with van der Waals surface area (Å²) in [5.41, 5.74) is 6.77. The van der Waals surface area contributed by atoms with E-state index in [0.29, 0.717) is 11.3 Å². The normalized spacial score (nSPS) is 11.2. The van der Waals surface area contributed by atoms with Crippen LogP contribution in [0.1, 0.15) is 5.56 Å². The van der Waals surface area contributed by atoms with Crippen molar-refractivity contribution in [2.45, 2.75) is 11.8 Å². The molecule has 0 aliphatic rings. The van der Waals surface area contributed by atoms with Crippen LogP contribution in [0.5, 0.6) is 5.75 Å². The van der Waals surface area contributed by atoms with E-state index in [1.807, 2.05) is 0 Å². The number of anilines is 2. The van der Waals surface area contributed by atoms with Crippen molar-refractivity contribution in [3.05, 3.63) is 47.8 Å². The third-order valence-electron chi connectivity index (χ3n) is 2.90. The van der Waals surface area contributed by atoms with Crippen molar-refractivity contribution in [2.75, 3.05) is 17.6 Å². The molecule has 0 aromatic heterocycles. The number of benzene rings is 2. The fourth-order valence-corrected chi connectivity index (χ4v) is 3.22. The summed E-state index contributed by atoms with van der Waals surface area (Å²) < 4.78 is 45.3. The van der Waals surface area contributed by atoms with Crippen LogP contribution in [0.4, 0.5) is 15.8 Å². The number of aryl methyl sites for hydroxylation is 1. The van der Waals surface area contributed by atoms with Gasteiger partial charge in [0.2, 0.25) is 0 Å². The molecule has 0 aliphatic heterocycles.